The first-order valence-electron chi connectivity index (χ1n) is 4.14. The van der Waals surface area contributed by atoms with E-state index in [1.54, 1.807) is 0 Å². The number of aliphatic hydroxyl groups excluding tert-OH is 1. The molecule has 0 saturated heterocycles. The Morgan fingerprint density at radius 2 is 2.29 bits per heavy atom. The molecule has 0 aliphatic rings. The first kappa shape index (κ1) is 9.30. The molecule has 2 aromatic rings. The van der Waals surface area contributed by atoms with Gasteiger partial charge in [-0.3, -0.25) is 0 Å². The first-order chi connectivity index (χ1) is 6.77. The minimum absolute atomic E-state index is 0.107. The van der Waals surface area contributed by atoms with E-state index in [0.29, 0.717) is 11.3 Å². The second kappa shape index (κ2) is 3.48. The molecule has 4 heteroatoms. The summed E-state index contributed by atoms with van der Waals surface area (Å²) in [6, 6.07) is 3.66. The molecular weight excluding hydrogens is 200 g/mol. The lowest BCUT2D eigenvalue weighted by atomic mass is 10.1. The molecule has 14 heavy (non-hydrogen) atoms. The van der Waals surface area contributed by atoms with Crippen LogP contribution in [0.15, 0.2) is 17.5 Å². The first-order valence-corrected chi connectivity index (χ1v) is 5.02. The van der Waals surface area contributed by atoms with Gasteiger partial charge in [-0.15, -0.1) is 11.3 Å². The molecule has 0 aliphatic heterocycles. The third kappa shape index (κ3) is 1.23. The number of hydrogen-bond acceptors (Lipinski definition) is 4. The molecule has 0 fully saturated rings. The maximum Gasteiger partial charge on any atom is 0.166 e. The highest BCUT2D eigenvalue weighted by atomic mass is 32.1. The molecule has 0 radical (unpaired) electrons. The molecule has 1 heterocycles. The molecule has 1 aromatic carbocycles. The number of phenols is 1. The lowest BCUT2D eigenvalue weighted by Gasteiger charge is -2.08. The third-order valence-corrected chi connectivity index (χ3v) is 3.00. The van der Waals surface area contributed by atoms with Crippen LogP contribution < -0.4 is 4.74 Å². The van der Waals surface area contributed by atoms with Gasteiger partial charge in [0.25, 0.3) is 0 Å². The van der Waals surface area contributed by atoms with E-state index in [2.05, 4.69) is 0 Å². The Balaban J connectivity index is 2.79. The van der Waals surface area contributed by atoms with Crippen molar-refractivity contribution in [3.8, 4) is 11.5 Å². The monoisotopic (exact) mass is 210 g/mol. The number of fused-ring (bicyclic) bond motifs is 1. The SMILES string of the molecule is COc1c(CO)cc2sccc2c1O. The van der Waals surface area contributed by atoms with Gasteiger partial charge in [-0.25, -0.2) is 0 Å². The van der Waals surface area contributed by atoms with Gasteiger partial charge < -0.3 is 14.9 Å². The molecule has 1 aromatic heterocycles. The summed E-state index contributed by atoms with van der Waals surface area (Å²) in [5.74, 6) is 0.466. The molecule has 0 spiro atoms. The zero-order valence-corrected chi connectivity index (χ0v) is 8.47. The number of aromatic hydroxyl groups is 1. The zero-order chi connectivity index (χ0) is 10.1. The van der Waals surface area contributed by atoms with Crippen molar-refractivity contribution in [2.45, 2.75) is 6.61 Å². The van der Waals surface area contributed by atoms with Gasteiger partial charge in [0.2, 0.25) is 0 Å². The highest BCUT2D eigenvalue weighted by Crippen LogP contribution is 2.39. The lowest BCUT2D eigenvalue weighted by molar-refractivity contribution is 0.271. The average molecular weight is 210 g/mol. The van der Waals surface area contributed by atoms with E-state index in [1.165, 1.54) is 18.4 Å². The van der Waals surface area contributed by atoms with Crippen LogP contribution in [-0.2, 0) is 6.61 Å². The summed E-state index contributed by atoms with van der Waals surface area (Å²) in [5, 5.41) is 21.6. The third-order valence-electron chi connectivity index (χ3n) is 2.14. The summed E-state index contributed by atoms with van der Waals surface area (Å²) >= 11 is 1.52. The summed E-state index contributed by atoms with van der Waals surface area (Å²) in [6.45, 7) is -0.134. The molecule has 0 aliphatic carbocycles. The number of hydrogen-bond donors (Lipinski definition) is 2. The fourth-order valence-corrected chi connectivity index (χ4v) is 2.32. The van der Waals surface area contributed by atoms with Gasteiger partial charge in [0.1, 0.15) is 0 Å². The van der Waals surface area contributed by atoms with Crippen molar-refractivity contribution in [1.29, 1.82) is 0 Å². The van der Waals surface area contributed by atoms with Crippen molar-refractivity contribution >= 4 is 21.4 Å². The molecule has 74 valence electrons. The van der Waals surface area contributed by atoms with Gasteiger partial charge in [-0.05, 0) is 17.5 Å². The van der Waals surface area contributed by atoms with Gasteiger partial charge in [-0.2, -0.15) is 0 Å². The Labute approximate surface area is 85.2 Å². The van der Waals surface area contributed by atoms with E-state index < -0.39 is 0 Å². The molecule has 0 saturated carbocycles. The summed E-state index contributed by atoms with van der Waals surface area (Å²) in [7, 11) is 1.48. The average Bonchev–Trinajstić information content (AvgIpc) is 2.65. The van der Waals surface area contributed by atoms with E-state index >= 15 is 0 Å². The van der Waals surface area contributed by atoms with E-state index in [-0.39, 0.29) is 12.4 Å². The zero-order valence-electron chi connectivity index (χ0n) is 7.65. The fraction of sp³-hybridized carbons (Fsp3) is 0.200. The van der Waals surface area contributed by atoms with Gasteiger partial charge in [0.05, 0.1) is 13.7 Å². The van der Waals surface area contributed by atoms with Crippen molar-refractivity contribution in [3.05, 3.63) is 23.1 Å². The predicted molar refractivity (Wildman–Crippen MR) is 56.0 cm³/mol. The van der Waals surface area contributed by atoms with E-state index in [9.17, 15) is 5.11 Å². The quantitative estimate of drug-likeness (QED) is 0.798. The Bertz CT molecular complexity index is 462. The summed E-state index contributed by atoms with van der Waals surface area (Å²) in [6.07, 6.45) is 0. The molecule has 0 amide bonds. The number of methoxy groups -OCH3 is 1. The minimum Gasteiger partial charge on any atom is -0.504 e. The fourth-order valence-electron chi connectivity index (χ4n) is 1.47. The Morgan fingerprint density at radius 3 is 2.93 bits per heavy atom. The largest absolute Gasteiger partial charge is 0.504 e. The topological polar surface area (TPSA) is 49.7 Å². The van der Waals surface area contributed by atoms with Crippen LogP contribution in [0.5, 0.6) is 11.5 Å². The highest BCUT2D eigenvalue weighted by Gasteiger charge is 2.13. The van der Waals surface area contributed by atoms with Gasteiger partial charge in [-0.1, -0.05) is 0 Å². The number of thiophene rings is 1. The summed E-state index contributed by atoms with van der Waals surface area (Å²) < 4.78 is 5.99. The maximum absolute atomic E-state index is 9.82. The second-order valence-corrected chi connectivity index (χ2v) is 3.86. The Morgan fingerprint density at radius 1 is 1.50 bits per heavy atom. The Hall–Kier alpha value is -1.26. The van der Waals surface area contributed by atoms with E-state index in [4.69, 9.17) is 9.84 Å². The molecule has 0 bridgehead atoms. The van der Waals surface area contributed by atoms with Crippen molar-refractivity contribution in [2.24, 2.45) is 0 Å². The van der Waals surface area contributed by atoms with Crippen LogP contribution in [0.1, 0.15) is 5.56 Å². The lowest BCUT2D eigenvalue weighted by Crippen LogP contribution is -1.92. The smallest absolute Gasteiger partial charge is 0.166 e. The number of phenolic OH excluding ortho intramolecular Hbond substituents is 1. The Kier molecular flexibility index (Phi) is 2.31. The molecular formula is C10H10O3S. The van der Waals surface area contributed by atoms with Crippen molar-refractivity contribution in [3.63, 3.8) is 0 Å². The summed E-state index contributed by atoms with van der Waals surface area (Å²) in [4.78, 5) is 0. The number of aliphatic hydroxyl groups is 1. The van der Waals surface area contributed by atoms with Crippen LogP contribution in [0.3, 0.4) is 0 Å². The van der Waals surface area contributed by atoms with Gasteiger partial charge in [0.15, 0.2) is 11.5 Å². The van der Waals surface area contributed by atoms with Gasteiger partial charge >= 0.3 is 0 Å². The minimum atomic E-state index is -0.134. The van der Waals surface area contributed by atoms with Gasteiger partial charge in [0, 0.05) is 15.6 Å². The van der Waals surface area contributed by atoms with Crippen molar-refractivity contribution < 1.29 is 14.9 Å². The maximum atomic E-state index is 9.82. The highest BCUT2D eigenvalue weighted by molar-refractivity contribution is 7.17. The van der Waals surface area contributed by atoms with Crippen LogP contribution >= 0.6 is 11.3 Å². The number of rotatable bonds is 2. The van der Waals surface area contributed by atoms with Crippen LogP contribution in [0, 0.1) is 0 Å². The van der Waals surface area contributed by atoms with E-state index in [1.807, 2.05) is 17.5 Å². The van der Waals surface area contributed by atoms with Crippen LogP contribution in [-0.4, -0.2) is 17.3 Å². The number of benzene rings is 1. The van der Waals surface area contributed by atoms with Crippen molar-refractivity contribution in [2.75, 3.05) is 7.11 Å². The van der Waals surface area contributed by atoms with Crippen LogP contribution in [0.4, 0.5) is 0 Å². The van der Waals surface area contributed by atoms with Crippen LogP contribution in [0.2, 0.25) is 0 Å². The molecule has 0 atom stereocenters. The molecule has 2 rings (SSSR count). The predicted octanol–water partition coefficient (Wildman–Crippen LogP) is 2.11. The van der Waals surface area contributed by atoms with Crippen molar-refractivity contribution in [1.82, 2.24) is 0 Å². The molecule has 3 nitrogen and oxygen atoms in total. The van der Waals surface area contributed by atoms with E-state index in [0.717, 1.165) is 10.1 Å². The second-order valence-electron chi connectivity index (χ2n) is 2.91. The van der Waals surface area contributed by atoms with Crippen LogP contribution in [0.25, 0.3) is 10.1 Å². The molecule has 0 unspecified atom stereocenters. The molecule has 2 N–H and O–H groups in total. The normalized spacial score (nSPS) is 10.7. The standard InChI is InChI=1S/C10H10O3S/c1-13-10-6(5-11)4-8-7(9(10)12)2-3-14-8/h2-4,11-12H,5H2,1H3. The number of ether oxygens (including phenoxy) is 1. The summed E-state index contributed by atoms with van der Waals surface area (Å²) in [5.41, 5.74) is 0.611.